The molecule has 1 atom stereocenters. The minimum absolute atomic E-state index is 0.295. The monoisotopic (exact) mass is 555 g/mol. The number of anilines is 1. The maximum Gasteiger partial charge on any atom is 0.271 e. The molecule has 1 N–H and O–H groups in total. The zero-order valence-electron chi connectivity index (χ0n) is 21.0. The average molecular weight is 556 g/mol. The number of thiazole rings is 1. The predicted octanol–water partition coefficient (Wildman–Crippen LogP) is 5.69. The van der Waals surface area contributed by atoms with Gasteiger partial charge in [-0.25, -0.2) is 4.99 Å². The number of aryl methyl sites for hydroxylation is 1. The summed E-state index contributed by atoms with van der Waals surface area (Å²) in [6, 6.07) is 23.0. The number of fused-ring (bicyclic) bond motifs is 1. The summed E-state index contributed by atoms with van der Waals surface area (Å²) in [5.41, 5.74) is 2.03. The smallest absolute Gasteiger partial charge is 0.271 e. The Bertz CT molecular complexity index is 1930. The molecule has 0 bridgehead atoms. The summed E-state index contributed by atoms with van der Waals surface area (Å²) in [5.74, 6) is 1.95. The molecule has 1 aliphatic heterocycles. The highest BCUT2D eigenvalue weighted by atomic mass is 35.5. The topological polar surface area (TPSA) is 89.7 Å². The molecule has 9 heteroatoms. The van der Waals surface area contributed by atoms with Gasteiger partial charge in [0.05, 0.1) is 15.8 Å². The molecule has 1 amide bonds. The van der Waals surface area contributed by atoms with Gasteiger partial charge in [-0.1, -0.05) is 53.3 Å². The highest BCUT2D eigenvalue weighted by Crippen LogP contribution is 2.32. The molecule has 2 aromatic carbocycles. The molecule has 4 heterocycles. The molecule has 0 radical (unpaired) electrons. The molecule has 0 aliphatic carbocycles. The summed E-state index contributed by atoms with van der Waals surface area (Å²) in [7, 11) is 0. The number of nitrogens with one attached hydrogen (secondary N) is 1. The molecule has 0 saturated heterocycles. The third-order valence-corrected chi connectivity index (χ3v) is 7.56. The van der Waals surface area contributed by atoms with Gasteiger partial charge in [0.1, 0.15) is 29.1 Å². The Morgan fingerprint density at radius 1 is 1.03 bits per heavy atom. The number of halogens is 1. The lowest BCUT2D eigenvalue weighted by atomic mass is 10.00. The van der Waals surface area contributed by atoms with Crippen molar-refractivity contribution >= 4 is 40.6 Å². The van der Waals surface area contributed by atoms with Crippen molar-refractivity contribution in [3.8, 4) is 11.3 Å². The number of rotatable bonds is 5. The molecule has 39 heavy (non-hydrogen) atoms. The van der Waals surface area contributed by atoms with Crippen molar-refractivity contribution in [3.05, 3.63) is 132 Å². The zero-order valence-corrected chi connectivity index (χ0v) is 22.5. The van der Waals surface area contributed by atoms with Gasteiger partial charge in [0.25, 0.3) is 11.5 Å². The summed E-state index contributed by atoms with van der Waals surface area (Å²) < 4.78 is 13.9. The molecule has 1 aliphatic rings. The molecule has 3 aromatic heterocycles. The van der Waals surface area contributed by atoms with Crippen LogP contribution in [0.5, 0.6) is 0 Å². The second kappa shape index (κ2) is 10.1. The van der Waals surface area contributed by atoms with Crippen molar-refractivity contribution in [2.75, 3.05) is 5.32 Å². The second-order valence-electron chi connectivity index (χ2n) is 9.06. The lowest BCUT2D eigenvalue weighted by molar-refractivity contribution is -0.113. The molecular weight excluding hydrogens is 534 g/mol. The van der Waals surface area contributed by atoms with Crippen LogP contribution in [0.15, 0.2) is 109 Å². The fraction of sp³-hybridized carbons (Fsp3) is 0.100. The molecule has 6 rings (SSSR count). The zero-order chi connectivity index (χ0) is 27.1. The number of benzene rings is 2. The van der Waals surface area contributed by atoms with Crippen LogP contribution in [0.3, 0.4) is 0 Å². The van der Waals surface area contributed by atoms with Gasteiger partial charge < -0.3 is 14.2 Å². The quantitative estimate of drug-likeness (QED) is 0.302. The van der Waals surface area contributed by atoms with Crippen LogP contribution < -0.4 is 20.2 Å². The number of amides is 1. The number of para-hydroxylation sites is 1. The summed E-state index contributed by atoms with van der Waals surface area (Å²) in [6.07, 6.45) is 1.69. The summed E-state index contributed by atoms with van der Waals surface area (Å²) in [4.78, 5) is 32.4. The van der Waals surface area contributed by atoms with Crippen molar-refractivity contribution in [2.24, 2.45) is 4.99 Å². The molecule has 0 spiro atoms. The molecule has 0 fully saturated rings. The Morgan fingerprint density at radius 3 is 2.59 bits per heavy atom. The van der Waals surface area contributed by atoms with E-state index in [1.807, 2.05) is 55.5 Å². The fourth-order valence-corrected chi connectivity index (χ4v) is 5.77. The number of allylic oxidation sites excluding steroid dienone is 1. The first-order chi connectivity index (χ1) is 18.9. The van der Waals surface area contributed by atoms with Gasteiger partial charge in [0.15, 0.2) is 4.80 Å². The van der Waals surface area contributed by atoms with Gasteiger partial charge in [0.2, 0.25) is 0 Å². The van der Waals surface area contributed by atoms with Crippen LogP contribution >= 0.6 is 22.9 Å². The van der Waals surface area contributed by atoms with Crippen molar-refractivity contribution in [1.29, 1.82) is 0 Å². The van der Waals surface area contributed by atoms with E-state index in [9.17, 15) is 9.59 Å². The van der Waals surface area contributed by atoms with E-state index in [1.165, 1.54) is 15.9 Å². The molecule has 7 nitrogen and oxygen atoms in total. The normalized spacial score (nSPS) is 15.3. The van der Waals surface area contributed by atoms with E-state index in [4.69, 9.17) is 20.4 Å². The van der Waals surface area contributed by atoms with E-state index in [-0.39, 0.29) is 11.5 Å². The minimum Gasteiger partial charge on any atom is -0.464 e. The van der Waals surface area contributed by atoms with E-state index in [0.29, 0.717) is 54.4 Å². The van der Waals surface area contributed by atoms with E-state index in [2.05, 4.69) is 10.3 Å². The first-order valence-corrected chi connectivity index (χ1v) is 13.4. The first kappa shape index (κ1) is 24.9. The predicted molar refractivity (Wildman–Crippen MR) is 151 cm³/mol. The number of nitrogens with zero attached hydrogens (tertiary/aromatic N) is 2. The van der Waals surface area contributed by atoms with Gasteiger partial charge in [0, 0.05) is 22.3 Å². The standard InChI is InChI=1S/C30H22ClN3O4S/c1-17-11-13-24(37-17)27-26(28(35)33-21-9-4-3-5-10-21)18(2)32-30-34(27)29(36)25(39-30)16-22-12-14-23(38-22)19-7-6-8-20(31)15-19/h3-16,27H,1-2H3,(H,33,35)/b25-16+. The highest BCUT2D eigenvalue weighted by molar-refractivity contribution is 7.07. The second-order valence-corrected chi connectivity index (χ2v) is 10.5. The van der Waals surface area contributed by atoms with E-state index in [1.54, 1.807) is 43.3 Å². The molecule has 0 saturated carbocycles. The Hall–Kier alpha value is -4.40. The van der Waals surface area contributed by atoms with Crippen molar-refractivity contribution in [1.82, 2.24) is 4.57 Å². The maximum absolute atomic E-state index is 13.8. The Labute approximate surface area is 232 Å². The molecule has 194 valence electrons. The summed E-state index contributed by atoms with van der Waals surface area (Å²) in [6.45, 7) is 3.59. The summed E-state index contributed by atoms with van der Waals surface area (Å²) >= 11 is 7.36. The van der Waals surface area contributed by atoms with E-state index < -0.39 is 6.04 Å². The third-order valence-electron chi connectivity index (χ3n) is 6.34. The van der Waals surface area contributed by atoms with Crippen LogP contribution in [-0.4, -0.2) is 10.5 Å². The molecule has 5 aromatic rings. The maximum atomic E-state index is 13.8. The number of hydrogen-bond acceptors (Lipinski definition) is 6. The Kier molecular flexibility index (Phi) is 6.42. The van der Waals surface area contributed by atoms with Gasteiger partial charge in [-0.2, -0.15) is 0 Å². The SMILES string of the molecule is CC1=C(C(=O)Nc2ccccc2)C(c2ccc(C)o2)n2c(s/c(=C/c3ccc(-c4cccc(Cl)c4)o3)c2=O)=N1. The van der Waals surface area contributed by atoms with E-state index in [0.717, 1.165) is 5.56 Å². The van der Waals surface area contributed by atoms with Gasteiger partial charge in [-0.15, -0.1) is 0 Å². The van der Waals surface area contributed by atoms with Crippen LogP contribution in [0.25, 0.3) is 17.4 Å². The number of aromatic nitrogens is 1. The molecular formula is C30H22ClN3O4S. The Morgan fingerprint density at radius 2 is 1.85 bits per heavy atom. The highest BCUT2D eigenvalue weighted by Gasteiger charge is 2.34. The van der Waals surface area contributed by atoms with Gasteiger partial charge in [-0.3, -0.25) is 14.2 Å². The first-order valence-electron chi connectivity index (χ1n) is 12.2. The van der Waals surface area contributed by atoms with Crippen LogP contribution in [0, 0.1) is 6.92 Å². The van der Waals surface area contributed by atoms with Crippen molar-refractivity contribution in [3.63, 3.8) is 0 Å². The van der Waals surface area contributed by atoms with E-state index >= 15 is 0 Å². The summed E-state index contributed by atoms with van der Waals surface area (Å²) in [5, 5.41) is 3.53. The number of furan rings is 2. The Balaban J connectivity index is 1.44. The fourth-order valence-electron chi connectivity index (χ4n) is 4.56. The average Bonchev–Trinajstić information content (AvgIpc) is 3.64. The number of carbonyl (C=O) groups is 1. The van der Waals surface area contributed by atoms with Crippen LogP contribution in [0.1, 0.15) is 30.2 Å². The minimum atomic E-state index is -0.778. The lowest BCUT2D eigenvalue weighted by Gasteiger charge is -2.23. The van der Waals surface area contributed by atoms with Crippen molar-refractivity contribution in [2.45, 2.75) is 19.9 Å². The van der Waals surface area contributed by atoms with Crippen LogP contribution in [0.2, 0.25) is 5.02 Å². The number of hydrogen-bond donors (Lipinski definition) is 1. The largest absolute Gasteiger partial charge is 0.464 e. The van der Waals surface area contributed by atoms with Crippen molar-refractivity contribution < 1.29 is 13.6 Å². The third kappa shape index (κ3) is 4.80. The molecule has 1 unspecified atom stereocenters. The van der Waals surface area contributed by atoms with Gasteiger partial charge >= 0.3 is 0 Å². The van der Waals surface area contributed by atoms with Crippen LogP contribution in [0.4, 0.5) is 5.69 Å². The van der Waals surface area contributed by atoms with Gasteiger partial charge in [-0.05, 0) is 62.4 Å². The van der Waals surface area contributed by atoms with Crippen LogP contribution in [-0.2, 0) is 4.79 Å². The number of carbonyl (C=O) groups excluding carboxylic acids is 1. The lowest BCUT2D eigenvalue weighted by Crippen LogP contribution is -2.40.